The van der Waals surface area contributed by atoms with Gasteiger partial charge in [0.25, 0.3) is 0 Å². The van der Waals surface area contributed by atoms with Crippen LogP contribution in [0.2, 0.25) is 5.02 Å². The van der Waals surface area contributed by atoms with E-state index < -0.39 is 38.5 Å². The van der Waals surface area contributed by atoms with E-state index in [9.17, 15) is 21.6 Å². The lowest BCUT2D eigenvalue weighted by Gasteiger charge is -2.15. The number of amides is 1. The Hall–Kier alpha value is -1.98. The maximum Gasteiger partial charge on any atom is 0.241 e. The van der Waals surface area contributed by atoms with Crippen LogP contribution in [0.1, 0.15) is 18.5 Å². The number of halogens is 1. The van der Waals surface area contributed by atoms with Crippen LogP contribution in [0.4, 0.5) is 0 Å². The lowest BCUT2D eigenvalue weighted by molar-refractivity contribution is -0.120. The highest BCUT2D eigenvalue weighted by Gasteiger charge is 2.17. The fourth-order valence-corrected chi connectivity index (χ4v) is 4.00. The number of hydrogen-bond acceptors (Lipinski definition) is 5. The van der Waals surface area contributed by atoms with Crippen LogP contribution in [0.5, 0.6) is 0 Å². The highest BCUT2D eigenvalue weighted by molar-refractivity contribution is 7.89. The van der Waals surface area contributed by atoms with Crippen LogP contribution in [-0.2, 0) is 24.8 Å². The summed E-state index contributed by atoms with van der Waals surface area (Å²) in [5, 5.41) is 7.91. The van der Waals surface area contributed by atoms with E-state index in [4.69, 9.17) is 16.7 Å². The second-order valence-corrected chi connectivity index (χ2v) is 9.45. The molecule has 0 saturated carbocycles. The van der Waals surface area contributed by atoms with E-state index in [0.29, 0.717) is 5.56 Å². The van der Waals surface area contributed by atoms with Gasteiger partial charge in [-0.05, 0) is 42.8 Å². The number of benzene rings is 2. The van der Waals surface area contributed by atoms with Crippen molar-refractivity contribution in [2.24, 2.45) is 5.14 Å². The van der Waals surface area contributed by atoms with Crippen molar-refractivity contribution in [3.05, 3.63) is 59.1 Å². The number of primary sulfonamides is 1. The molecule has 2 aromatic rings. The molecule has 8 nitrogen and oxygen atoms in total. The van der Waals surface area contributed by atoms with Gasteiger partial charge < -0.3 is 5.32 Å². The van der Waals surface area contributed by atoms with Crippen LogP contribution in [0.25, 0.3) is 0 Å². The Balaban J connectivity index is 1.97. The van der Waals surface area contributed by atoms with E-state index in [2.05, 4.69) is 10.0 Å². The third-order valence-corrected chi connectivity index (χ3v) is 6.18. The normalized spacial score (nSPS) is 13.1. The van der Waals surface area contributed by atoms with Gasteiger partial charge in [-0.3, -0.25) is 4.79 Å². The highest BCUT2D eigenvalue weighted by atomic mass is 35.5. The zero-order valence-electron chi connectivity index (χ0n) is 14.2. The second kappa shape index (κ2) is 8.36. The predicted molar refractivity (Wildman–Crippen MR) is 101 cm³/mol. The van der Waals surface area contributed by atoms with E-state index >= 15 is 0 Å². The molecule has 1 amide bonds. The quantitative estimate of drug-likeness (QED) is 0.604. The number of rotatable bonds is 7. The first-order chi connectivity index (χ1) is 12.5. The molecule has 2 aromatic carbocycles. The van der Waals surface area contributed by atoms with Gasteiger partial charge in [-0.25, -0.2) is 26.7 Å². The second-order valence-electron chi connectivity index (χ2n) is 5.69. The Morgan fingerprint density at radius 3 is 2.26 bits per heavy atom. The van der Waals surface area contributed by atoms with Crippen molar-refractivity contribution in [2.75, 3.05) is 6.54 Å². The monoisotopic (exact) mass is 431 g/mol. The summed E-state index contributed by atoms with van der Waals surface area (Å²) in [4.78, 5) is 11.9. The molecule has 4 N–H and O–H groups in total. The molecule has 2 rings (SSSR count). The summed E-state index contributed by atoms with van der Waals surface area (Å²) in [5.41, 5.74) is 0.633. The number of carbonyl (C=O) groups excluding carboxylic acids is 1. The number of nitrogens with one attached hydrogen (secondary N) is 2. The lowest BCUT2D eigenvalue weighted by atomic mass is 10.1. The minimum Gasteiger partial charge on any atom is -0.348 e. The van der Waals surface area contributed by atoms with E-state index in [1.165, 1.54) is 48.5 Å². The number of hydrogen-bond donors (Lipinski definition) is 3. The smallest absolute Gasteiger partial charge is 0.241 e. The van der Waals surface area contributed by atoms with Gasteiger partial charge in [-0.2, -0.15) is 0 Å². The van der Waals surface area contributed by atoms with Gasteiger partial charge in [0.2, 0.25) is 26.0 Å². The van der Waals surface area contributed by atoms with E-state index in [0.717, 1.165) is 0 Å². The SMILES string of the molecule is C[C@@H](NC(=O)CNS(=O)(=O)c1cccc(Cl)c1)c1ccc(S(N)(=O)=O)cc1. The van der Waals surface area contributed by atoms with Crippen molar-refractivity contribution < 1.29 is 21.6 Å². The van der Waals surface area contributed by atoms with Gasteiger partial charge in [0.05, 0.1) is 22.4 Å². The highest BCUT2D eigenvalue weighted by Crippen LogP contribution is 2.16. The minimum absolute atomic E-state index is 0.0425. The van der Waals surface area contributed by atoms with Gasteiger partial charge in [-0.15, -0.1) is 0 Å². The Labute approximate surface area is 162 Å². The Morgan fingerprint density at radius 2 is 1.70 bits per heavy atom. The molecule has 0 aliphatic rings. The van der Waals surface area contributed by atoms with Gasteiger partial charge in [0.15, 0.2) is 0 Å². The number of nitrogens with two attached hydrogens (primary N) is 1. The molecule has 0 aliphatic carbocycles. The van der Waals surface area contributed by atoms with Crippen molar-refractivity contribution in [1.82, 2.24) is 10.0 Å². The van der Waals surface area contributed by atoms with Crippen LogP contribution in [0, 0.1) is 0 Å². The predicted octanol–water partition coefficient (Wildman–Crippen LogP) is 1.14. The molecule has 27 heavy (non-hydrogen) atoms. The van der Waals surface area contributed by atoms with Crippen LogP contribution in [0.15, 0.2) is 58.3 Å². The summed E-state index contributed by atoms with van der Waals surface area (Å²) in [5.74, 6) is -0.552. The van der Waals surface area contributed by atoms with Crippen LogP contribution >= 0.6 is 11.6 Å². The molecular weight excluding hydrogens is 414 g/mol. The summed E-state index contributed by atoms with van der Waals surface area (Å²) in [6.45, 7) is 1.21. The summed E-state index contributed by atoms with van der Waals surface area (Å²) in [6.07, 6.45) is 0. The largest absolute Gasteiger partial charge is 0.348 e. The number of carbonyl (C=O) groups is 1. The first-order valence-electron chi connectivity index (χ1n) is 7.66. The van der Waals surface area contributed by atoms with E-state index in [1.54, 1.807) is 6.92 Å². The summed E-state index contributed by atoms with van der Waals surface area (Å²) in [6, 6.07) is 10.9. The average molecular weight is 432 g/mol. The summed E-state index contributed by atoms with van der Waals surface area (Å²) < 4.78 is 49.0. The molecule has 0 saturated heterocycles. The van der Waals surface area contributed by atoms with E-state index in [-0.39, 0.29) is 14.8 Å². The number of sulfonamides is 2. The standard InChI is InChI=1S/C16H18ClN3O5S2/c1-11(12-5-7-14(8-6-12)26(18,22)23)20-16(21)10-19-27(24,25)15-4-2-3-13(17)9-15/h2-9,11,19H,10H2,1H3,(H,20,21)(H2,18,22,23)/t11-/m1/s1. The zero-order chi connectivity index (χ0) is 20.2. The lowest BCUT2D eigenvalue weighted by Crippen LogP contribution is -2.38. The van der Waals surface area contributed by atoms with Crippen LogP contribution in [0.3, 0.4) is 0 Å². The van der Waals surface area contributed by atoms with Gasteiger partial charge in [-0.1, -0.05) is 29.8 Å². The van der Waals surface area contributed by atoms with Crippen LogP contribution in [-0.4, -0.2) is 29.3 Å². The Bertz CT molecular complexity index is 1040. The molecule has 1 atom stereocenters. The van der Waals surface area contributed by atoms with Gasteiger partial charge in [0.1, 0.15) is 0 Å². The van der Waals surface area contributed by atoms with Crippen LogP contribution < -0.4 is 15.2 Å². The van der Waals surface area contributed by atoms with Crippen molar-refractivity contribution in [3.63, 3.8) is 0 Å². The van der Waals surface area contributed by atoms with Gasteiger partial charge >= 0.3 is 0 Å². The summed E-state index contributed by atoms with van der Waals surface area (Å²) in [7, 11) is -7.67. The molecule has 146 valence electrons. The first-order valence-corrected chi connectivity index (χ1v) is 11.1. The molecule has 0 fully saturated rings. The third-order valence-electron chi connectivity index (χ3n) is 3.62. The summed E-state index contributed by atoms with van der Waals surface area (Å²) >= 11 is 5.77. The first kappa shape index (κ1) is 21.3. The molecule has 0 aromatic heterocycles. The molecule has 11 heteroatoms. The Kier molecular flexibility index (Phi) is 6.60. The van der Waals surface area contributed by atoms with Crippen molar-refractivity contribution in [1.29, 1.82) is 0 Å². The van der Waals surface area contributed by atoms with E-state index in [1.807, 2.05) is 0 Å². The zero-order valence-corrected chi connectivity index (χ0v) is 16.6. The van der Waals surface area contributed by atoms with Crippen molar-refractivity contribution >= 4 is 37.6 Å². The van der Waals surface area contributed by atoms with Crippen molar-refractivity contribution in [3.8, 4) is 0 Å². The average Bonchev–Trinajstić information content (AvgIpc) is 2.59. The fourth-order valence-electron chi connectivity index (χ4n) is 2.20. The Morgan fingerprint density at radius 1 is 1.07 bits per heavy atom. The molecule has 0 radical (unpaired) electrons. The molecular formula is C16H18ClN3O5S2. The molecule has 0 unspecified atom stereocenters. The molecule has 0 bridgehead atoms. The van der Waals surface area contributed by atoms with Crippen molar-refractivity contribution in [2.45, 2.75) is 22.8 Å². The third kappa shape index (κ3) is 6.01. The maximum absolute atomic E-state index is 12.2. The molecule has 0 aliphatic heterocycles. The minimum atomic E-state index is -3.88. The fraction of sp³-hybridized carbons (Fsp3) is 0.188. The molecule has 0 spiro atoms. The maximum atomic E-state index is 12.2. The molecule has 0 heterocycles. The van der Waals surface area contributed by atoms with Gasteiger partial charge in [0, 0.05) is 5.02 Å². The topological polar surface area (TPSA) is 135 Å².